The molecule has 0 amide bonds. The summed E-state index contributed by atoms with van der Waals surface area (Å²) in [5.74, 6) is 1.23. The maximum Gasteiger partial charge on any atom is 0.276 e. The third-order valence-electron chi connectivity index (χ3n) is 4.41. The van der Waals surface area contributed by atoms with Crippen molar-refractivity contribution in [2.24, 2.45) is 4.99 Å². The zero-order chi connectivity index (χ0) is 20.9. The number of allylic oxidation sites excluding steroid dienone is 1. The van der Waals surface area contributed by atoms with Crippen LogP contribution in [0.1, 0.15) is 5.56 Å². The summed E-state index contributed by atoms with van der Waals surface area (Å²) in [5, 5.41) is 11.1. The molecule has 7 nitrogen and oxygen atoms in total. The van der Waals surface area contributed by atoms with Crippen LogP contribution in [0.2, 0.25) is 0 Å². The number of fused-ring (bicyclic) bond motifs is 1. The number of oxazole rings is 1. The number of methoxy groups -OCH3 is 1. The molecule has 0 aliphatic heterocycles. The molecule has 0 bridgehead atoms. The largest absolute Gasteiger partial charge is 0.497 e. The fraction of sp³-hybridized carbons (Fsp3) is 0.0435. The molecule has 0 aliphatic carbocycles. The van der Waals surface area contributed by atoms with Gasteiger partial charge in [0.1, 0.15) is 11.3 Å². The third kappa shape index (κ3) is 4.10. The van der Waals surface area contributed by atoms with E-state index in [4.69, 9.17) is 9.15 Å². The lowest BCUT2D eigenvalue weighted by molar-refractivity contribution is -0.385. The van der Waals surface area contributed by atoms with Gasteiger partial charge in [0.15, 0.2) is 5.58 Å². The van der Waals surface area contributed by atoms with Gasteiger partial charge in [0.05, 0.1) is 23.3 Å². The molecule has 4 aromatic rings. The standard InChI is InChI=1S/C23H17N3O4/c1-29-19-9-4-7-17(14-19)23-25-20-15-18(11-12-22(20)30-23)24-13-5-8-16-6-2-3-10-21(16)26(27)28/h2-15H,1H3/b8-5+,24-13?. The van der Waals surface area contributed by atoms with Crippen molar-refractivity contribution in [2.75, 3.05) is 7.11 Å². The first-order valence-corrected chi connectivity index (χ1v) is 9.13. The molecular weight excluding hydrogens is 382 g/mol. The number of hydrogen-bond acceptors (Lipinski definition) is 6. The number of nitrogens with zero attached hydrogens (tertiary/aromatic N) is 3. The molecule has 7 heteroatoms. The number of benzene rings is 3. The number of aromatic nitrogens is 1. The molecule has 0 atom stereocenters. The summed E-state index contributed by atoms with van der Waals surface area (Å²) in [5.41, 5.74) is 3.43. The minimum Gasteiger partial charge on any atom is -0.497 e. The smallest absolute Gasteiger partial charge is 0.276 e. The first-order chi connectivity index (χ1) is 14.6. The van der Waals surface area contributed by atoms with Crippen LogP contribution in [0.4, 0.5) is 11.4 Å². The maximum absolute atomic E-state index is 11.1. The van der Waals surface area contributed by atoms with E-state index in [2.05, 4.69) is 9.98 Å². The molecular formula is C23H17N3O4. The van der Waals surface area contributed by atoms with Crippen LogP contribution in [0, 0.1) is 10.1 Å². The Labute approximate surface area is 172 Å². The lowest BCUT2D eigenvalue weighted by Gasteiger charge is -2.00. The number of nitro benzene ring substituents is 1. The number of para-hydroxylation sites is 1. The summed E-state index contributed by atoms with van der Waals surface area (Å²) in [6.07, 6.45) is 4.90. The van der Waals surface area contributed by atoms with Crippen LogP contribution in [0.15, 0.2) is 82.2 Å². The highest BCUT2D eigenvalue weighted by atomic mass is 16.6. The van der Waals surface area contributed by atoms with Crippen molar-refractivity contribution < 1.29 is 14.1 Å². The van der Waals surface area contributed by atoms with Gasteiger partial charge in [-0.3, -0.25) is 15.1 Å². The Hall–Kier alpha value is -4.26. The molecule has 0 fully saturated rings. The monoisotopic (exact) mass is 399 g/mol. The Morgan fingerprint density at radius 1 is 1.10 bits per heavy atom. The lowest BCUT2D eigenvalue weighted by atomic mass is 10.1. The highest BCUT2D eigenvalue weighted by Crippen LogP contribution is 2.29. The van der Waals surface area contributed by atoms with E-state index in [-0.39, 0.29) is 5.69 Å². The van der Waals surface area contributed by atoms with E-state index in [0.29, 0.717) is 28.2 Å². The quantitative estimate of drug-likeness (QED) is 0.231. The van der Waals surface area contributed by atoms with Crippen molar-refractivity contribution in [3.05, 3.63) is 88.5 Å². The molecule has 0 N–H and O–H groups in total. The molecule has 1 heterocycles. The van der Waals surface area contributed by atoms with E-state index >= 15 is 0 Å². The molecule has 0 saturated carbocycles. The van der Waals surface area contributed by atoms with Gasteiger partial charge in [0.25, 0.3) is 5.69 Å². The van der Waals surface area contributed by atoms with Crippen molar-refractivity contribution >= 4 is 34.8 Å². The summed E-state index contributed by atoms with van der Waals surface area (Å²) >= 11 is 0. The summed E-state index contributed by atoms with van der Waals surface area (Å²) < 4.78 is 11.1. The second-order valence-corrected chi connectivity index (χ2v) is 6.36. The third-order valence-corrected chi connectivity index (χ3v) is 4.41. The molecule has 30 heavy (non-hydrogen) atoms. The maximum atomic E-state index is 11.1. The zero-order valence-corrected chi connectivity index (χ0v) is 16.1. The molecule has 0 aliphatic rings. The predicted octanol–water partition coefficient (Wildman–Crippen LogP) is 5.83. The first-order valence-electron chi connectivity index (χ1n) is 9.13. The van der Waals surface area contributed by atoms with Gasteiger partial charge in [-0.25, -0.2) is 4.98 Å². The van der Waals surface area contributed by atoms with Crippen LogP contribution in [-0.4, -0.2) is 23.2 Å². The molecule has 0 saturated heterocycles. The van der Waals surface area contributed by atoms with Gasteiger partial charge in [-0.05, 0) is 54.6 Å². The second kappa shape index (κ2) is 8.40. The fourth-order valence-electron chi connectivity index (χ4n) is 2.95. The van der Waals surface area contributed by atoms with Crippen LogP contribution in [0.25, 0.3) is 28.6 Å². The Morgan fingerprint density at radius 2 is 1.97 bits per heavy atom. The van der Waals surface area contributed by atoms with Gasteiger partial charge in [-0.2, -0.15) is 0 Å². The molecule has 0 radical (unpaired) electrons. The molecule has 4 rings (SSSR count). The van der Waals surface area contributed by atoms with E-state index in [1.165, 1.54) is 6.07 Å². The first kappa shape index (κ1) is 19.1. The Kier molecular flexibility index (Phi) is 5.34. The summed E-state index contributed by atoms with van der Waals surface area (Å²) in [4.78, 5) is 19.6. The van der Waals surface area contributed by atoms with E-state index < -0.39 is 4.92 Å². The number of nitro groups is 1. The number of aliphatic imine (C=N–C) groups is 1. The second-order valence-electron chi connectivity index (χ2n) is 6.36. The Morgan fingerprint density at radius 3 is 2.80 bits per heavy atom. The normalized spacial score (nSPS) is 11.5. The number of ether oxygens (including phenoxy) is 1. The van der Waals surface area contributed by atoms with Crippen LogP contribution >= 0.6 is 0 Å². The number of rotatable bonds is 6. The summed E-state index contributed by atoms with van der Waals surface area (Å²) in [7, 11) is 1.61. The van der Waals surface area contributed by atoms with Gasteiger partial charge in [-0.15, -0.1) is 0 Å². The minimum atomic E-state index is -0.408. The predicted molar refractivity (Wildman–Crippen MR) is 116 cm³/mol. The molecule has 0 spiro atoms. The zero-order valence-electron chi connectivity index (χ0n) is 16.1. The average Bonchev–Trinajstić information content (AvgIpc) is 3.20. The highest BCUT2D eigenvalue weighted by molar-refractivity contribution is 5.84. The van der Waals surface area contributed by atoms with Gasteiger partial charge in [0, 0.05) is 17.8 Å². The van der Waals surface area contributed by atoms with Gasteiger partial charge < -0.3 is 9.15 Å². The van der Waals surface area contributed by atoms with E-state index in [1.54, 1.807) is 43.7 Å². The van der Waals surface area contributed by atoms with Crippen molar-refractivity contribution in [2.45, 2.75) is 0 Å². The van der Waals surface area contributed by atoms with Crippen LogP contribution in [-0.2, 0) is 0 Å². The molecule has 1 aromatic heterocycles. The topological polar surface area (TPSA) is 90.8 Å². The SMILES string of the molecule is COc1cccc(-c2nc3cc(N=C/C=C/c4ccccc4[N+](=O)[O-])ccc3o2)c1. The highest BCUT2D eigenvalue weighted by Gasteiger charge is 2.10. The van der Waals surface area contributed by atoms with Gasteiger partial charge >= 0.3 is 0 Å². The molecule has 148 valence electrons. The van der Waals surface area contributed by atoms with E-state index in [9.17, 15) is 10.1 Å². The van der Waals surface area contributed by atoms with Crippen LogP contribution < -0.4 is 4.74 Å². The van der Waals surface area contributed by atoms with Gasteiger partial charge in [0.2, 0.25) is 5.89 Å². The summed E-state index contributed by atoms with van der Waals surface area (Å²) in [6, 6.07) is 19.5. The van der Waals surface area contributed by atoms with Crippen molar-refractivity contribution in [1.82, 2.24) is 4.98 Å². The van der Waals surface area contributed by atoms with Crippen molar-refractivity contribution in [3.8, 4) is 17.2 Å². The molecule has 0 unspecified atom stereocenters. The van der Waals surface area contributed by atoms with Crippen LogP contribution in [0.3, 0.4) is 0 Å². The average molecular weight is 399 g/mol. The Bertz CT molecular complexity index is 1270. The van der Waals surface area contributed by atoms with E-state index in [0.717, 1.165) is 11.3 Å². The van der Waals surface area contributed by atoms with Crippen LogP contribution in [0.5, 0.6) is 5.75 Å². The van der Waals surface area contributed by atoms with Gasteiger partial charge in [-0.1, -0.05) is 18.2 Å². The van der Waals surface area contributed by atoms with Crippen molar-refractivity contribution in [1.29, 1.82) is 0 Å². The minimum absolute atomic E-state index is 0.0521. The lowest BCUT2D eigenvalue weighted by Crippen LogP contribution is -1.90. The summed E-state index contributed by atoms with van der Waals surface area (Å²) in [6.45, 7) is 0. The van der Waals surface area contributed by atoms with Crippen molar-refractivity contribution in [3.63, 3.8) is 0 Å². The number of hydrogen-bond donors (Lipinski definition) is 0. The molecule has 3 aromatic carbocycles. The fourth-order valence-corrected chi connectivity index (χ4v) is 2.95. The van der Waals surface area contributed by atoms with E-state index in [1.807, 2.05) is 42.5 Å². The Balaban J connectivity index is 1.55.